The summed E-state index contributed by atoms with van der Waals surface area (Å²) in [5.41, 5.74) is 0.487. The maximum atomic E-state index is 3.71. The Kier molecular flexibility index (Phi) is 4.81. The molecule has 4 atom stereocenters. The summed E-state index contributed by atoms with van der Waals surface area (Å²) >= 11 is 0. The van der Waals surface area contributed by atoms with Crippen LogP contribution < -0.4 is 10.6 Å². The van der Waals surface area contributed by atoms with E-state index in [1.54, 1.807) is 0 Å². The molecule has 1 aliphatic rings. The van der Waals surface area contributed by atoms with E-state index >= 15 is 0 Å². The summed E-state index contributed by atoms with van der Waals surface area (Å²) in [6.07, 6.45) is 1.32. The lowest BCUT2D eigenvalue weighted by atomic mass is 9.58. The summed E-state index contributed by atoms with van der Waals surface area (Å²) in [5, 5.41) is 6.91. The summed E-state index contributed by atoms with van der Waals surface area (Å²) in [4.78, 5) is 0. The molecule has 0 radical (unpaired) electrons. The molecule has 0 amide bonds. The van der Waals surface area contributed by atoms with E-state index in [1.807, 2.05) is 7.05 Å². The molecule has 1 aliphatic carbocycles. The summed E-state index contributed by atoms with van der Waals surface area (Å²) < 4.78 is 0. The van der Waals surface area contributed by atoms with Gasteiger partial charge in [0.15, 0.2) is 0 Å². The summed E-state index contributed by atoms with van der Waals surface area (Å²) in [6, 6.07) is 0.700. The predicted octanol–water partition coefficient (Wildman–Crippen LogP) is 2.50. The molecule has 2 nitrogen and oxygen atoms in total. The Bertz CT molecular complexity index is 213. The lowest BCUT2D eigenvalue weighted by Crippen LogP contribution is -2.51. The van der Waals surface area contributed by atoms with Crippen LogP contribution in [0.5, 0.6) is 0 Å². The average Bonchev–Trinajstić information content (AvgIpc) is 2.24. The molecule has 0 bridgehead atoms. The molecule has 0 aromatic carbocycles. The average molecular weight is 226 g/mol. The molecule has 0 saturated heterocycles. The number of hydrogen-bond acceptors (Lipinski definition) is 2. The largest absolute Gasteiger partial charge is 0.318 e. The molecular weight excluding hydrogens is 196 g/mol. The van der Waals surface area contributed by atoms with E-state index < -0.39 is 0 Å². The van der Waals surface area contributed by atoms with Gasteiger partial charge in [0.1, 0.15) is 0 Å². The van der Waals surface area contributed by atoms with E-state index in [1.165, 1.54) is 6.42 Å². The van der Waals surface area contributed by atoms with Crippen LogP contribution in [0.2, 0.25) is 0 Å². The molecule has 0 heterocycles. The Balaban J connectivity index is 2.56. The van der Waals surface area contributed by atoms with Gasteiger partial charge >= 0.3 is 0 Å². The molecule has 0 unspecified atom stereocenters. The van der Waals surface area contributed by atoms with Crippen LogP contribution in [0, 0.1) is 23.2 Å². The van der Waals surface area contributed by atoms with Crippen molar-refractivity contribution in [2.45, 2.75) is 47.1 Å². The predicted molar refractivity (Wildman–Crippen MR) is 71.6 cm³/mol. The van der Waals surface area contributed by atoms with Gasteiger partial charge in [-0.15, -0.1) is 0 Å². The van der Waals surface area contributed by atoms with Gasteiger partial charge in [0, 0.05) is 19.1 Å². The van der Waals surface area contributed by atoms with Crippen molar-refractivity contribution < 1.29 is 0 Å². The highest BCUT2D eigenvalue weighted by atomic mass is 15.0. The monoisotopic (exact) mass is 226 g/mol. The second-order valence-corrected chi connectivity index (χ2v) is 6.27. The Morgan fingerprint density at radius 3 is 2.31 bits per heavy atom. The van der Waals surface area contributed by atoms with Gasteiger partial charge in [0.2, 0.25) is 0 Å². The Labute approximate surface area is 102 Å². The maximum absolute atomic E-state index is 3.71. The van der Waals surface area contributed by atoms with Crippen molar-refractivity contribution in [2.24, 2.45) is 23.2 Å². The zero-order chi connectivity index (χ0) is 12.3. The van der Waals surface area contributed by atoms with Crippen molar-refractivity contribution in [1.29, 1.82) is 0 Å². The van der Waals surface area contributed by atoms with Gasteiger partial charge in [-0.1, -0.05) is 34.6 Å². The zero-order valence-corrected chi connectivity index (χ0v) is 11.9. The van der Waals surface area contributed by atoms with E-state index in [2.05, 4.69) is 45.3 Å². The fourth-order valence-electron chi connectivity index (χ4n) is 3.03. The third kappa shape index (κ3) is 2.78. The smallest absolute Gasteiger partial charge is 0.00987 e. The van der Waals surface area contributed by atoms with E-state index in [0.717, 1.165) is 30.8 Å². The second-order valence-electron chi connectivity index (χ2n) is 6.27. The summed E-state index contributed by atoms with van der Waals surface area (Å²) in [6.45, 7) is 14.3. The Hall–Kier alpha value is -0.0800. The first-order chi connectivity index (χ1) is 7.41. The van der Waals surface area contributed by atoms with Gasteiger partial charge in [-0.3, -0.25) is 0 Å². The van der Waals surface area contributed by atoms with E-state index in [-0.39, 0.29) is 0 Å². The highest BCUT2D eigenvalue weighted by molar-refractivity contribution is 4.95. The number of hydrogen-bond donors (Lipinski definition) is 2. The van der Waals surface area contributed by atoms with Gasteiger partial charge in [0.25, 0.3) is 0 Å². The standard InChI is InChI=1S/C14H30N2/c1-10-9-13(16-8-7-15-6)11(2)12(3)14(10,4)5/h10-13,15-16H,7-9H2,1-6H3/t10-,11+,12+,13+/m0/s1. The topological polar surface area (TPSA) is 24.1 Å². The van der Waals surface area contributed by atoms with Crippen LogP contribution in [0.1, 0.15) is 41.0 Å². The molecule has 1 saturated carbocycles. The molecule has 16 heavy (non-hydrogen) atoms. The molecule has 0 aliphatic heterocycles. The number of likely N-dealkylation sites (N-methyl/N-ethyl adjacent to an activating group) is 1. The first-order valence-electron chi connectivity index (χ1n) is 6.79. The minimum absolute atomic E-state index is 0.487. The quantitative estimate of drug-likeness (QED) is 0.720. The van der Waals surface area contributed by atoms with Crippen LogP contribution in [0.4, 0.5) is 0 Å². The third-order valence-electron chi connectivity index (χ3n) is 5.26. The van der Waals surface area contributed by atoms with Gasteiger partial charge in [-0.2, -0.15) is 0 Å². The number of rotatable bonds is 4. The van der Waals surface area contributed by atoms with Crippen LogP contribution in [-0.4, -0.2) is 26.2 Å². The molecule has 1 fully saturated rings. The van der Waals surface area contributed by atoms with E-state index in [4.69, 9.17) is 0 Å². The summed E-state index contributed by atoms with van der Waals surface area (Å²) in [7, 11) is 2.01. The normalized spacial score (nSPS) is 38.6. The van der Waals surface area contributed by atoms with Gasteiger partial charge in [0.05, 0.1) is 0 Å². The van der Waals surface area contributed by atoms with Crippen molar-refractivity contribution in [3.05, 3.63) is 0 Å². The Morgan fingerprint density at radius 2 is 1.75 bits per heavy atom. The third-order valence-corrected chi connectivity index (χ3v) is 5.26. The molecule has 1 rings (SSSR count). The Morgan fingerprint density at radius 1 is 1.12 bits per heavy atom. The van der Waals surface area contributed by atoms with Crippen LogP contribution in [0.15, 0.2) is 0 Å². The van der Waals surface area contributed by atoms with Crippen LogP contribution >= 0.6 is 0 Å². The molecule has 0 spiro atoms. The lowest BCUT2D eigenvalue weighted by molar-refractivity contribution is 0.0158. The molecule has 2 N–H and O–H groups in total. The highest BCUT2D eigenvalue weighted by Crippen LogP contribution is 2.47. The lowest BCUT2D eigenvalue weighted by Gasteiger charge is -2.50. The summed E-state index contributed by atoms with van der Waals surface area (Å²) in [5.74, 6) is 2.39. The minimum Gasteiger partial charge on any atom is -0.318 e. The second kappa shape index (κ2) is 5.50. The molecule has 2 heteroatoms. The SMILES string of the molecule is CNCCN[C@@H]1C[C@H](C)C(C)(C)[C@H](C)[C@H]1C. The van der Waals surface area contributed by atoms with E-state index in [0.29, 0.717) is 11.5 Å². The van der Waals surface area contributed by atoms with Crippen molar-refractivity contribution in [2.75, 3.05) is 20.1 Å². The van der Waals surface area contributed by atoms with E-state index in [9.17, 15) is 0 Å². The van der Waals surface area contributed by atoms with Crippen molar-refractivity contribution in [3.63, 3.8) is 0 Å². The minimum atomic E-state index is 0.487. The first-order valence-corrected chi connectivity index (χ1v) is 6.79. The highest BCUT2D eigenvalue weighted by Gasteiger charge is 2.43. The van der Waals surface area contributed by atoms with Crippen molar-refractivity contribution in [3.8, 4) is 0 Å². The van der Waals surface area contributed by atoms with Crippen molar-refractivity contribution >= 4 is 0 Å². The van der Waals surface area contributed by atoms with Gasteiger partial charge in [-0.05, 0) is 36.6 Å². The van der Waals surface area contributed by atoms with Crippen LogP contribution in [-0.2, 0) is 0 Å². The first kappa shape index (κ1) is 14.0. The zero-order valence-electron chi connectivity index (χ0n) is 11.9. The maximum Gasteiger partial charge on any atom is 0.00987 e. The molecule has 0 aromatic heterocycles. The molecule has 96 valence electrons. The van der Waals surface area contributed by atoms with Gasteiger partial charge in [-0.25, -0.2) is 0 Å². The fourth-order valence-corrected chi connectivity index (χ4v) is 3.03. The van der Waals surface area contributed by atoms with Crippen molar-refractivity contribution in [1.82, 2.24) is 10.6 Å². The number of nitrogens with one attached hydrogen (secondary N) is 2. The molecular formula is C14H30N2. The van der Waals surface area contributed by atoms with Crippen LogP contribution in [0.25, 0.3) is 0 Å². The molecule has 0 aromatic rings. The fraction of sp³-hybridized carbons (Fsp3) is 1.00. The van der Waals surface area contributed by atoms with Gasteiger partial charge < -0.3 is 10.6 Å². The van der Waals surface area contributed by atoms with Crippen LogP contribution in [0.3, 0.4) is 0 Å².